The Morgan fingerprint density at radius 2 is 2.08 bits per heavy atom. The van der Waals surface area contributed by atoms with Crippen LogP contribution in [0.15, 0.2) is 27.4 Å². The summed E-state index contributed by atoms with van der Waals surface area (Å²) in [5.41, 5.74) is 1.94. The lowest BCUT2D eigenvalue weighted by Gasteiger charge is -2.34. The summed E-state index contributed by atoms with van der Waals surface area (Å²) >= 11 is 0. The summed E-state index contributed by atoms with van der Waals surface area (Å²) in [5.74, 6) is 0.621. The van der Waals surface area contributed by atoms with Crippen LogP contribution in [0.4, 0.5) is 0 Å². The minimum absolute atomic E-state index is 0.0274. The first kappa shape index (κ1) is 17.3. The number of Topliss-reactive ketones (excluding diaryl/α,β-unsaturated/α-hetero) is 1. The number of ketones is 1. The van der Waals surface area contributed by atoms with Crippen molar-refractivity contribution in [3.63, 3.8) is 0 Å². The van der Waals surface area contributed by atoms with E-state index in [-0.39, 0.29) is 29.5 Å². The van der Waals surface area contributed by atoms with E-state index in [0.717, 1.165) is 42.2 Å². The van der Waals surface area contributed by atoms with Gasteiger partial charge >= 0.3 is 5.63 Å². The standard InChI is InChI=1S/C21H24O5/c1-21(2)11-13(8-9-25-21)18(22)12-24-14-6-7-16-15-4-3-5-17(15)20(23)26-19(16)10-14/h6-7,10,13H,3-5,8-9,11-12H2,1-2H3/t13-/m1/s1. The normalized spacial score (nSPS) is 21.5. The first-order valence-electron chi connectivity index (χ1n) is 9.31. The highest BCUT2D eigenvalue weighted by Crippen LogP contribution is 2.31. The molecule has 4 rings (SSSR count). The average Bonchev–Trinajstić information content (AvgIpc) is 3.09. The average molecular weight is 356 g/mol. The Labute approximate surface area is 152 Å². The molecule has 1 aromatic carbocycles. The molecule has 2 aliphatic rings. The molecular formula is C21H24O5. The van der Waals surface area contributed by atoms with Crippen LogP contribution in [-0.4, -0.2) is 24.6 Å². The summed E-state index contributed by atoms with van der Waals surface area (Å²) in [6, 6.07) is 5.50. The number of aryl methyl sites for hydroxylation is 1. The van der Waals surface area contributed by atoms with E-state index in [4.69, 9.17) is 13.9 Å². The van der Waals surface area contributed by atoms with Crippen molar-refractivity contribution in [1.82, 2.24) is 0 Å². The van der Waals surface area contributed by atoms with Gasteiger partial charge in [-0.2, -0.15) is 0 Å². The fourth-order valence-corrected chi connectivity index (χ4v) is 4.13. The lowest BCUT2D eigenvalue weighted by molar-refractivity contribution is -0.135. The summed E-state index contributed by atoms with van der Waals surface area (Å²) in [7, 11) is 0. The van der Waals surface area contributed by atoms with E-state index >= 15 is 0 Å². The maximum Gasteiger partial charge on any atom is 0.339 e. The summed E-state index contributed by atoms with van der Waals surface area (Å²) in [4.78, 5) is 24.6. The zero-order valence-corrected chi connectivity index (χ0v) is 15.3. The van der Waals surface area contributed by atoms with E-state index < -0.39 is 0 Å². The smallest absolute Gasteiger partial charge is 0.339 e. The number of ether oxygens (including phenoxy) is 2. The molecule has 5 heteroatoms. The number of rotatable bonds is 4. The summed E-state index contributed by atoms with van der Waals surface area (Å²) in [5, 5.41) is 0.974. The Balaban J connectivity index is 1.49. The minimum atomic E-state index is -0.259. The van der Waals surface area contributed by atoms with Gasteiger partial charge in [0.25, 0.3) is 0 Å². The maximum atomic E-state index is 12.5. The molecule has 5 nitrogen and oxygen atoms in total. The zero-order valence-electron chi connectivity index (χ0n) is 15.3. The van der Waals surface area contributed by atoms with Gasteiger partial charge in [-0.25, -0.2) is 4.79 Å². The second-order valence-corrected chi connectivity index (χ2v) is 7.91. The molecule has 0 saturated carbocycles. The molecule has 0 spiro atoms. The topological polar surface area (TPSA) is 65.7 Å². The fraction of sp³-hybridized carbons (Fsp3) is 0.524. The van der Waals surface area contributed by atoms with Gasteiger partial charge in [0.05, 0.1) is 5.60 Å². The highest BCUT2D eigenvalue weighted by atomic mass is 16.5. The summed E-state index contributed by atoms with van der Waals surface area (Å²) in [6.45, 7) is 4.66. The molecule has 138 valence electrons. The van der Waals surface area contributed by atoms with E-state index in [2.05, 4.69) is 0 Å². The van der Waals surface area contributed by atoms with Crippen molar-refractivity contribution in [1.29, 1.82) is 0 Å². The molecule has 1 aromatic heterocycles. The Morgan fingerprint density at radius 3 is 2.88 bits per heavy atom. The van der Waals surface area contributed by atoms with Gasteiger partial charge in [-0.15, -0.1) is 0 Å². The molecule has 1 atom stereocenters. The van der Waals surface area contributed by atoms with Gasteiger partial charge in [-0.1, -0.05) is 0 Å². The molecule has 0 bridgehead atoms. The number of fused-ring (bicyclic) bond motifs is 3. The second kappa shape index (κ2) is 6.54. The van der Waals surface area contributed by atoms with Crippen LogP contribution in [0, 0.1) is 5.92 Å². The molecular weight excluding hydrogens is 332 g/mol. The van der Waals surface area contributed by atoms with Gasteiger partial charge in [-0.3, -0.25) is 4.79 Å². The van der Waals surface area contributed by atoms with Crippen molar-refractivity contribution < 1.29 is 18.7 Å². The molecule has 1 saturated heterocycles. The van der Waals surface area contributed by atoms with Crippen LogP contribution in [0.2, 0.25) is 0 Å². The predicted molar refractivity (Wildman–Crippen MR) is 97.8 cm³/mol. The molecule has 0 unspecified atom stereocenters. The van der Waals surface area contributed by atoms with Gasteiger partial charge in [0.2, 0.25) is 0 Å². The Kier molecular flexibility index (Phi) is 4.35. The van der Waals surface area contributed by atoms with Crippen LogP contribution in [-0.2, 0) is 22.4 Å². The van der Waals surface area contributed by atoms with Crippen molar-refractivity contribution >= 4 is 16.8 Å². The molecule has 0 amide bonds. The minimum Gasteiger partial charge on any atom is -0.486 e. The maximum absolute atomic E-state index is 12.5. The number of hydrogen-bond donors (Lipinski definition) is 0. The SMILES string of the molecule is CC1(C)C[C@H](C(=O)COc2ccc3c4c(c(=O)oc3c2)CCC4)CCO1. The van der Waals surface area contributed by atoms with Gasteiger partial charge in [0.1, 0.15) is 17.9 Å². The third-order valence-corrected chi connectivity index (χ3v) is 5.48. The monoisotopic (exact) mass is 356 g/mol. The lowest BCUT2D eigenvalue weighted by Crippen LogP contribution is -2.38. The predicted octanol–water partition coefficient (Wildman–Crippen LogP) is 3.43. The lowest BCUT2D eigenvalue weighted by atomic mass is 9.86. The van der Waals surface area contributed by atoms with Crippen molar-refractivity contribution in [3.8, 4) is 5.75 Å². The summed E-state index contributed by atoms with van der Waals surface area (Å²) in [6.07, 6.45) is 4.16. The van der Waals surface area contributed by atoms with Gasteiger partial charge in [-0.05, 0) is 63.6 Å². The zero-order chi connectivity index (χ0) is 18.3. The third-order valence-electron chi connectivity index (χ3n) is 5.48. The molecule has 1 aliphatic carbocycles. The van der Waals surface area contributed by atoms with E-state index in [0.29, 0.717) is 24.4 Å². The molecule has 0 radical (unpaired) electrons. The van der Waals surface area contributed by atoms with Gasteiger partial charge < -0.3 is 13.9 Å². The quantitative estimate of drug-likeness (QED) is 0.785. The molecule has 26 heavy (non-hydrogen) atoms. The van der Waals surface area contributed by atoms with Crippen LogP contribution in [0.5, 0.6) is 5.75 Å². The Morgan fingerprint density at radius 1 is 1.27 bits per heavy atom. The van der Waals surface area contributed by atoms with Crippen molar-refractivity contribution in [3.05, 3.63) is 39.7 Å². The largest absolute Gasteiger partial charge is 0.486 e. The second-order valence-electron chi connectivity index (χ2n) is 7.91. The summed E-state index contributed by atoms with van der Waals surface area (Å²) < 4.78 is 16.8. The number of benzene rings is 1. The molecule has 1 aliphatic heterocycles. The first-order valence-corrected chi connectivity index (χ1v) is 9.31. The molecule has 1 fully saturated rings. The number of hydrogen-bond acceptors (Lipinski definition) is 5. The fourth-order valence-electron chi connectivity index (χ4n) is 4.13. The van der Waals surface area contributed by atoms with E-state index in [9.17, 15) is 9.59 Å². The Bertz CT molecular complexity index is 908. The van der Waals surface area contributed by atoms with Crippen molar-refractivity contribution in [2.45, 2.75) is 51.6 Å². The van der Waals surface area contributed by atoms with E-state index in [1.54, 1.807) is 6.07 Å². The van der Waals surface area contributed by atoms with E-state index in [1.165, 1.54) is 0 Å². The molecule has 0 N–H and O–H groups in total. The highest BCUT2D eigenvalue weighted by molar-refractivity contribution is 5.84. The highest BCUT2D eigenvalue weighted by Gasteiger charge is 2.32. The number of carbonyl (C=O) groups is 1. The Hall–Kier alpha value is -2.14. The first-order chi connectivity index (χ1) is 12.4. The van der Waals surface area contributed by atoms with E-state index in [1.807, 2.05) is 26.0 Å². The van der Waals surface area contributed by atoms with Gasteiger partial charge in [0, 0.05) is 29.5 Å². The van der Waals surface area contributed by atoms with Crippen LogP contribution in [0.3, 0.4) is 0 Å². The van der Waals surface area contributed by atoms with Gasteiger partial charge in [0.15, 0.2) is 5.78 Å². The van der Waals surface area contributed by atoms with Crippen LogP contribution in [0.1, 0.15) is 44.2 Å². The molecule has 2 aromatic rings. The van der Waals surface area contributed by atoms with Crippen molar-refractivity contribution in [2.75, 3.05) is 13.2 Å². The van der Waals surface area contributed by atoms with Crippen LogP contribution < -0.4 is 10.4 Å². The van der Waals surface area contributed by atoms with Crippen LogP contribution in [0.25, 0.3) is 11.0 Å². The molecule has 2 heterocycles. The third kappa shape index (κ3) is 3.28. The number of carbonyl (C=O) groups excluding carboxylic acids is 1. The van der Waals surface area contributed by atoms with Crippen LogP contribution >= 0.6 is 0 Å². The van der Waals surface area contributed by atoms with Crippen molar-refractivity contribution in [2.24, 2.45) is 5.92 Å².